The van der Waals surface area contributed by atoms with Crippen molar-refractivity contribution in [1.29, 1.82) is 0 Å². The van der Waals surface area contributed by atoms with E-state index in [1.54, 1.807) is 18.7 Å². The Labute approximate surface area is 203 Å². The Balaban J connectivity index is 0.000000509. The molecule has 0 aromatic rings. The fraction of sp³-hybridized carbons (Fsp3) is 0.840. The number of nitrogens with two attached hydrogens (primary N) is 1. The van der Waals surface area contributed by atoms with Crippen molar-refractivity contribution in [1.82, 2.24) is 9.80 Å². The maximum Gasteiger partial charge on any atom is 0.410 e. The Hall–Kier alpha value is -2.32. The molecular weight excluding hydrogens is 438 g/mol. The number of carbonyl (C=O) groups excluding carboxylic acids is 4. The van der Waals surface area contributed by atoms with Crippen LogP contribution in [0.2, 0.25) is 0 Å². The molecule has 2 saturated heterocycles. The standard InChI is InChI=1S/C20H33N3O4.C5H10O2/c1-20(2,3)27-19(26)22-8-6-13(7-9-22)11-23-12-15-5-4-14(17(21)24)10-16(15)18(23)25;1-3-5(6)7-4-2/h13-16H,4-12H2,1-3H3,(H2,21,24);3-4H2,1-2H3. The van der Waals surface area contributed by atoms with Crippen LogP contribution in [0.5, 0.6) is 0 Å². The minimum absolute atomic E-state index is 0.0295. The largest absolute Gasteiger partial charge is 0.466 e. The van der Waals surface area contributed by atoms with E-state index >= 15 is 0 Å². The van der Waals surface area contributed by atoms with Gasteiger partial charge in [0.1, 0.15) is 5.60 Å². The van der Waals surface area contributed by atoms with E-state index in [0.29, 0.717) is 44.4 Å². The molecule has 34 heavy (non-hydrogen) atoms. The molecule has 0 bridgehead atoms. The molecule has 3 fully saturated rings. The van der Waals surface area contributed by atoms with E-state index in [-0.39, 0.29) is 35.7 Å². The van der Waals surface area contributed by atoms with Crippen molar-refractivity contribution in [2.45, 2.75) is 78.7 Å². The van der Waals surface area contributed by atoms with Gasteiger partial charge in [0.15, 0.2) is 0 Å². The molecule has 9 heteroatoms. The number of fused-ring (bicyclic) bond motifs is 1. The van der Waals surface area contributed by atoms with Gasteiger partial charge in [-0.2, -0.15) is 0 Å². The van der Waals surface area contributed by atoms with E-state index in [1.807, 2.05) is 25.7 Å². The zero-order valence-electron chi connectivity index (χ0n) is 21.5. The lowest BCUT2D eigenvalue weighted by Crippen LogP contribution is -2.44. The maximum atomic E-state index is 12.8. The number of hydrogen-bond acceptors (Lipinski definition) is 6. The van der Waals surface area contributed by atoms with Crippen LogP contribution in [0.25, 0.3) is 0 Å². The summed E-state index contributed by atoms with van der Waals surface area (Å²) in [6.07, 6.45) is 4.36. The molecule has 2 heterocycles. The van der Waals surface area contributed by atoms with Gasteiger partial charge in [-0.1, -0.05) is 6.92 Å². The maximum absolute atomic E-state index is 12.8. The molecular formula is C25H43N3O6. The highest BCUT2D eigenvalue weighted by molar-refractivity contribution is 5.83. The lowest BCUT2D eigenvalue weighted by molar-refractivity contribution is -0.142. The summed E-state index contributed by atoms with van der Waals surface area (Å²) in [5, 5.41) is 0. The lowest BCUT2D eigenvalue weighted by Gasteiger charge is -2.35. The van der Waals surface area contributed by atoms with Crippen molar-refractivity contribution in [2.24, 2.45) is 29.4 Å². The van der Waals surface area contributed by atoms with E-state index < -0.39 is 5.60 Å². The van der Waals surface area contributed by atoms with Crippen LogP contribution in [-0.4, -0.2) is 72.1 Å². The second-order valence-electron chi connectivity index (χ2n) is 10.6. The Morgan fingerprint density at radius 1 is 1.06 bits per heavy atom. The SMILES string of the molecule is CC(C)(C)OC(=O)N1CCC(CN2CC3CCC(C(N)=O)CC3C2=O)CC1.CCOC(=O)CC. The highest BCUT2D eigenvalue weighted by Gasteiger charge is 2.45. The van der Waals surface area contributed by atoms with Crippen LogP contribution in [0.1, 0.15) is 73.1 Å². The summed E-state index contributed by atoms with van der Waals surface area (Å²) in [4.78, 5) is 50.4. The average molecular weight is 482 g/mol. The molecule has 2 aliphatic heterocycles. The Bertz CT molecular complexity index is 727. The molecule has 1 aliphatic carbocycles. The van der Waals surface area contributed by atoms with Crippen LogP contribution in [0.3, 0.4) is 0 Å². The van der Waals surface area contributed by atoms with Crippen molar-refractivity contribution in [2.75, 3.05) is 32.8 Å². The molecule has 0 aromatic carbocycles. The quantitative estimate of drug-likeness (QED) is 0.603. The van der Waals surface area contributed by atoms with Crippen molar-refractivity contribution in [3.63, 3.8) is 0 Å². The molecule has 3 atom stereocenters. The second-order valence-corrected chi connectivity index (χ2v) is 10.6. The third kappa shape index (κ3) is 8.17. The zero-order chi connectivity index (χ0) is 25.5. The fourth-order valence-electron chi connectivity index (χ4n) is 4.98. The van der Waals surface area contributed by atoms with Crippen molar-refractivity contribution < 1.29 is 28.7 Å². The molecule has 0 aromatic heterocycles. The summed E-state index contributed by atoms with van der Waals surface area (Å²) in [7, 11) is 0. The number of rotatable bonds is 5. The molecule has 2 N–H and O–H groups in total. The van der Waals surface area contributed by atoms with Gasteiger partial charge in [-0.15, -0.1) is 0 Å². The Morgan fingerprint density at radius 3 is 2.21 bits per heavy atom. The average Bonchev–Trinajstić information content (AvgIpc) is 3.08. The van der Waals surface area contributed by atoms with Gasteiger partial charge in [0.2, 0.25) is 11.8 Å². The van der Waals surface area contributed by atoms with Gasteiger partial charge in [-0.3, -0.25) is 14.4 Å². The van der Waals surface area contributed by atoms with E-state index in [0.717, 1.165) is 38.8 Å². The van der Waals surface area contributed by atoms with Gasteiger partial charge in [0, 0.05) is 44.4 Å². The van der Waals surface area contributed by atoms with E-state index in [4.69, 9.17) is 10.5 Å². The fourth-order valence-corrected chi connectivity index (χ4v) is 4.98. The molecule has 3 unspecified atom stereocenters. The van der Waals surface area contributed by atoms with Gasteiger partial charge in [0.25, 0.3) is 0 Å². The lowest BCUT2D eigenvalue weighted by atomic mass is 9.75. The molecule has 0 radical (unpaired) electrons. The van der Waals surface area contributed by atoms with Gasteiger partial charge in [0.05, 0.1) is 6.61 Å². The van der Waals surface area contributed by atoms with E-state index in [1.165, 1.54) is 0 Å². The van der Waals surface area contributed by atoms with Crippen molar-refractivity contribution in [3.05, 3.63) is 0 Å². The van der Waals surface area contributed by atoms with Crippen LogP contribution < -0.4 is 5.73 Å². The molecule has 1 saturated carbocycles. The first-order chi connectivity index (χ1) is 15.9. The first-order valence-electron chi connectivity index (χ1n) is 12.7. The molecule has 3 amide bonds. The number of carbonyl (C=O) groups is 4. The van der Waals surface area contributed by atoms with Crippen LogP contribution in [0.15, 0.2) is 0 Å². The number of hydrogen-bond donors (Lipinski definition) is 1. The normalized spacial score (nSPS) is 25.2. The van der Waals surface area contributed by atoms with Gasteiger partial charge < -0.3 is 25.0 Å². The van der Waals surface area contributed by atoms with Crippen LogP contribution in [0.4, 0.5) is 4.79 Å². The first kappa shape index (κ1) is 27.9. The monoisotopic (exact) mass is 481 g/mol. The highest BCUT2D eigenvalue weighted by Crippen LogP contribution is 2.40. The molecule has 0 spiro atoms. The third-order valence-corrected chi connectivity index (χ3v) is 6.82. The highest BCUT2D eigenvalue weighted by atomic mass is 16.6. The number of ether oxygens (including phenoxy) is 2. The van der Waals surface area contributed by atoms with Gasteiger partial charge in [-0.05, 0) is 71.6 Å². The van der Waals surface area contributed by atoms with Crippen LogP contribution >= 0.6 is 0 Å². The second kappa shape index (κ2) is 12.4. The summed E-state index contributed by atoms with van der Waals surface area (Å²) >= 11 is 0. The van der Waals surface area contributed by atoms with Gasteiger partial charge >= 0.3 is 12.1 Å². The first-order valence-corrected chi connectivity index (χ1v) is 12.7. The number of primary amides is 1. The molecule has 9 nitrogen and oxygen atoms in total. The number of esters is 1. The Kier molecular flexibility index (Phi) is 10.2. The van der Waals surface area contributed by atoms with Crippen molar-refractivity contribution in [3.8, 4) is 0 Å². The van der Waals surface area contributed by atoms with E-state index in [2.05, 4.69) is 4.74 Å². The number of nitrogens with zero attached hydrogens (tertiary/aromatic N) is 2. The zero-order valence-corrected chi connectivity index (χ0v) is 21.5. The van der Waals surface area contributed by atoms with Crippen LogP contribution in [-0.2, 0) is 23.9 Å². The van der Waals surface area contributed by atoms with Crippen LogP contribution in [0, 0.1) is 23.7 Å². The number of likely N-dealkylation sites (tertiary alicyclic amines) is 2. The minimum atomic E-state index is -0.477. The van der Waals surface area contributed by atoms with Gasteiger partial charge in [-0.25, -0.2) is 4.79 Å². The smallest absolute Gasteiger partial charge is 0.410 e. The predicted octanol–water partition coefficient (Wildman–Crippen LogP) is 2.95. The number of amides is 3. The number of piperidine rings is 1. The molecule has 3 aliphatic rings. The summed E-state index contributed by atoms with van der Waals surface area (Å²) in [6, 6.07) is 0. The molecule has 3 rings (SSSR count). The Morgan fingerprint density at radius 2 is 1.71 bits per heavy atom. The summed E-state index contributed by atoms with van der Waals surface area (Å²) in [6.45, 7) is 12.6. The van der Waals surface area contributed by atoms with E-state index in [9.17, 15) is 19.2 Å². The summed E-state index contributed by atoms with van der Waals surface area (Å²) in [5.74, 6) is 0.414. The minimum Gasteiger partial charge on any atom is -0.466 e. The van der Waals surface area contributed by atoms with Crippen molar-refractivity contribution >= 4 is 23.9 Å². The third-order valence-electron chi connectivity index (χ3n) is 6.82. The summed E-state index contributed by atoms with van der Waals surface area (Å²) < 4.78 is 9.99. The topological polar surface area (TPSA) is 119 Å². The predicted molar refractivity (Wildman–Crippen MR) is 128 cm³/mol. The summed E-state index contributed by atoms with van der Waals surface area (Å²) in [5.41, 5.74) is 4.97. The molecule has 194 valence electrons.